The summed E-state index contributed by atoms with van der Waals surface area (Å²) in [6.07, 6.45) is 1.61. The number of ether oxygens (including phenoxy) is 2. The molecule has 0 saturated carbocycles. The Balaban J connectivity index is 2.15. The summed E-state index contributed by atoms with van der Waals surface area (Å²) >= 11 is 0. The van der Waals surface area contributed by atoms with Gasteiger partial charge in [0, 0.05) is 18.7 Å². The molecule has 2 aromatic rings. The van der Waals surface area contributed by atoms with Crippen LogP contribution in [0, 0.1) is 5.82 Å². The molecule has 1 saturated heterocycles. The molecule has 7 nitrogen and oxygen atoms in total. The lowest BCUT2D eigenvalue weighted by Gasteiger charge is -2.27. The number of Topliss-reactive ketones (excluding diaryl/α,β-unsaturated/α-hetero) is 1. The van der Waals surface area contributed by atoms with E-state index in [2.05, 4.69) is 6.58 Å². The van der Waals surface area contributed by atoms with Crippen molar-refractivity contribution in [1.82, 2.24) is 9.80 Å². The molecule has 34 heavy (non-hydrogen) atoms. The molecule has 1 aliphatic rings. The average molecular weight is 469 g/mol. The van der Waals surface area contributed by atoms with Gasteiger partial charge in [-0.25, -0.2) is 4.39 Å². The predicted molar refractivity (Wildman–Crippen MR) is 127 cm³/mol. The number of rotatable bonds is 10. The first kappa shape index (κ1) is 25.0. The highest BCUT2D eigenvalue weighted by Gasteiger charge is 2.46. The Hall–Kier alpha value is -3.65. The van der Waals surface area contributed by atoms with Crippen LogP contribution in [0.3, 0.4) is 0 Å². The smallest absolute Gasteiger partial charge is 0.295 e. The highest BCUT2D eigenvalue weighted by Crippen LogP contribution is 2.42. The maximum absolute atomic E-state index is 13.4. The number of hydrogen-bond acceptors (Lipinski definition) is 6. The van der Waals surface area contributed by atoms with Crippen LogP contribution in [-0.4, -0.2) is 67.0 Å². The number of nitrogens with zero attached hydrogens (tertiary/aromatic N) is 2. The Bertz CT molecular complexity index is 1090. The van der Waals surface area contributed by atoms with Crippen LogP contribution >= 0.6 is 0 Å². The first-order valence-electron chi connectivity index (χ1n) is 11.0. The lowest BCUT2D eigenvalue weighted by Crippen LogP contribution is -2.35. The summed E-state index contributed by atoms with van der Waals surface area (Å²) in [5.74, 6) is -1.40. The second-order valence-corrected chi connectivity index (χ2v) is 8.04. The van der Waals surface area contributed by atoms with E-state index >= 15 is 0 Å². The SMILES string of the molecule is C=CCOc1ccc(C2/C(=C(\O)c3ccc(F)cc3)C(=O)C(=O)N2CCN(C)C)cc1OCC. The van der Waals surface area contributed by atoms with Crippen molar-refractivity contribution in [3.63, 3.8) is 0 Å². The van der Waals surface area contributed by atoms with Crippen molar-refractivity contribution in [1.29, 1.82) is 0 Å². The van der Waals surface area contributed by atoms with Crippen LogP contribution in [0.25, 0.3) is 5.76 Å². The highest BCUT2D eigenvalue weighted by molar-refractivity contribution is 6.46. The van der Waals surface area contributed by atoms with Crippen LogP contribution in [0.15, 0.2) is 60.7 Å². The first-order valence-corrected chi connectivity index (χ1v) is 11.0. The van der Waals surface area contributed by atoms with Gasteiger partial charge in [0.25, 0.3) is 11.7 Å². The molecule has 0 spiro atoms. The summed E-state index contributed by atoms with van der Waals surface area (Å²) in [5.41, 5.74) is 0.765. The minimum atomic E-state index is -0.849. The van der Waals surface area contributed by atoms with E-state index < -0.39 is 23.5 Å². The van der Waals surface area contributed by atoms with Crippen LogP contribution < -0.4 is 9.47 Å². The normalized spacial score (nSPS) is 17.3. The third-order valence-corrected chi connectivity index (χ3v) is 5.39. The lowest BCUT2D eigenvalue weighted by molar-refractivity contribution is -0.140. The third-order valence-electron chi connectivity index (χ3n) is 5.39. The molecule has 0 aromatic heterocycles. The minimum absolute atomic E-state index is 0.0578. The van der Waals surface area contributed by atoms with Crippen molar-refractivity contribution < 1.29 is 28.6 Å². The van der Waals surface area contributed by atoms with Crippen molar-refractivity contribution in [2.45, 2.75) is 13.0 Å². The van der Waals surface area contributed by atoms with Gasteiger partial charge in [-0.3, -0.25) is 9.59 Å². The third kappa shape index (κ3) is 5.28. The van der Waals surface area contributed by atoms with Crippen LogP contribution in [0.1, 0.15) is 24.1 Å². The van der Waals surface area contributed by atoms with Gasteiger partial charge in [-0.1, -0.05) is 18.7 Å². The van der Waals surface area contributed by atoms with Gasteiger partial charge in [-0.2, -0.15) is 0 Å². The van der Waals surface area contributed by atoms with Crippen LogP contribution in [0.2, 0.25) is 0 Å². The zero-order valence-electron chi connectivity index (χ0n) is 19.6. The van der Waals surface area contributed by atoms with E-state index in [9.17, 15) is 19.1 Å². The van der Waals surface area contributed by atoms with Gasteiger partial charge in [0.2, 0.25) is 0 Å². The van der Waals surface area contributed by atoms with E-state index in [1.165, 1.54) is 29.2 Å². The van der Waals surface area contributed by atoms with Gasteiger partial charge in [-0.05, 0) is 63.0 Å². The number of amides is 1. The summed E-state index contributed by atoms with van der Waals surface area (Å²) in [6.45, 7) is 6.92. The molecule has 1 atom stereocenters. The lowest BCUT2D eigenvalue weighted by atomic mass is 9.95. The Morgan fingerprint density at radius 2 is 1.85 bits per heavy atom. The number of halogens is 1. The van der Waals surface area contributed by atoms with Gasteiger partial charge in [-0.15, -0.1) is 0 Å². The molecule has 180 valence electrons. The number of carbonyl (C=O) groups excluding carboxylic acids is 2. The second-order valence-electron chi connectivity index (χ2n) is 8.04. The van der Waals surface area contributed by atoms with E-state index in [4.69, 9.17) is 9.47 Å². The molecular weight excluding hydrogens is 439 g/mol. The number of likely N-dealkylation sites (N-methyl/N-ethyl adjacent to an activating group) is 1. The zero-order chi connectivity index (χ0) is 24.8. The number of ketones is 1. The molecule has 0 bridgehead atoms. The van der Waals surface area contributed by atoms with E-state index in [0.717, 1.165) is 0 Å². The molecule has 1 N–H and O–H groups in total. The molecule has 1 aliphatic heterocycles. The van der Waals surface area contributed by atoms with Crippen molar-refractivity contribution in [3.05, 3.63) is 77.6 Å². The first-order chi connectivity index (χ1) is 16.3. The van der Waals surface area contributed by atoms with Gasteiger partial charge in [0.05, 0.1) is 18.2 Å². The fourth-order valence-electron chi connectivity index (χ4n) is 3.76. The Labute approximate surface area is 198 Å². The second kappa shape index (κ2) is 11.0. The molecule has 1 amide bonds. The van der Waals surface area contributed by atoms with E-state index in [-0.39, 0.29) is 30.0 Å². The molecule has 3 rings (SSSR count). The molecule has 0 aliphatic carbocycles. The van der Waals surface area contributed by atoms with E-state index in [1.54, 1.807) is 24.3 Å². The molecule has 1 unspecified atom stereocenters. The molecular formula is C26H29FN2O5. The number of aliphatic hydroxyl groups excluding tert-OH is 1. The Morgan fingerprint density at radius 3 is 2.47 bits per heavy atom. The van der Waals surface area contributed by atoms with Gasteiger partial charge in [0.1, 0.15) is 18.2 Å². The molecule has 1 fully saturated rings. The highest BCUT2D eigenvalue weighted by atomic mass is 19.1. The fourth-order valence-corrected chi connectivity index (χ4v) is 3.76. The maximum Gasteiger partial charge on any atom is 0.295 e. The number of benzene rings is 2. The number of aliphatic hydroxyl groups is 1. The summed E-state index contributed by atoms with van der Waals surface area (Å²) in [5, 5.41) is 11.0. The van der Waals surface area contributed by atoms with E-state index in [1.807, 2.05) is 25.9 Å². The summed E-state index contributed by atoms with van der Waals surface area (Å²) in [4.78, 5) is 29.4. The van der Waals surface area contributed by atoms with Gasteiger partial charge in [0.15, 0.2) is 11.5 Å². The predicted octanol–water partition coefficient (Wildman–Crippen LogP) is 3.77. The van der Waals surface area contributed by atoms with Gasteiger partial charge >= 0.3 is 0 Å². The van der Waals surface area contributed by atoms with Crippen LogP contribution in [-0.2, 0) is 9.59 Å². The monoisotopic (exact) mass is 468 g/mol. The number of carbonyl (C=O) groups is 2. The summed E-state index contributed by atoms with van der Waals surface area (Å²) in [6, 6.07) is 9.40. The van der Waals surface area contributed by atoms with Gasteiger partial charge < -0.3 is 24.4 Å². The van der Waals surface area contributed by atoms with Crippen LogP contribution in [0.4, 0.5) is 4.39 Å². The minimum Gasteiger partial charge on any atom is -0.507 e. The fraction of sp³-hybridized carbons (Fsp3) is 0.308. The molecule has 8 heteroatoms. The molecule has 0 radical (unpaired) electrons. The summed E-state index contributed by atoms with van der Waals surface area (Å²) < 4.78 is 24.8. The van der Waals surface area contributed by atoms with Crippen molar-refractivity contribution >= 4 is 17.4 Å². The van der Waals surface area contributed by atoms with Crippen molar-refractivity contribution in [3.8, 4) is 11.5 Å². The standard InChI is InChI=1S/C26H29FN2O5/c1-5-15-34-20-12-9-18(16-21(20)33-6-2)23-22(24(30)17-7-10-19(27)11-8-17)25(31)26(32)29(23)14-13-28(3)4/h5,7-12,16,23,30H,1,6,13-15H2,2-4H3/b24-22+. The zero-order valence-corrected chi connectivity index (χ0v) is 19.6. The average Bonchev–Trinajstić information content (AvgIpc) is 3.07. The maximum atomic E-state index is 13.4. The van der Waals surface area contributed by atoms with E-state index in [0.29, 0.717) is 30.2 Å². The van der Waals surface area contributed by atoms with Crippen molar-refractivity contribution in [2.75, 3.05) is 40.4 Å². The Kier molecular flexibility index (Phi) is 8.07. The summed E-state index contributed by atoms with van der Waals surface area (Å²) in [7, 11) is 3.73. The van der Waals surface area contributed by atoms with Crippen LogP contribution in [0.5, 0.6) is 11.5 Å². The molecule has 2 aromatic carbocycles. The molecule has 1 heterocycles. The largest absolute Gasteiger partial charge is 0.507 e. The quantitative estimate of drug-likeness (QED) is 0.248. The topological polar surface area (TPSA) is 79.3 Å². The number of likely N-dealkylation sites (tertiary alicyclic amines) is 1. The number of hydrogen-bond donors (Lipinski definition) is 1. The van der Waals surface area contributed by atoms with Crippen molar-refractivity contribution in [2.24, 2.45) is 0 Å². The Morgan fingerprint density at radius 1 is 1.15 bits per heavy atom.